The smallest absolute Gasteiger partial charge is 0.270 e. The lowest BCUT2D eigenvalue weighted by atomic mass is 10.1. The van der Waals surface area contributed by atoms with Gasteiger partial charge < -0.3 is 9.47 Å². The molecule has 1 amide bonds. The minimum Gasteiger partial charge on any atom is -0.493 e. The third-order valence-corrected chi connectivity index (χ3v) is 7.64. The highest BCUT2D eigenvalue weighted by molar-refractivity contribution is 14.1. The van der Waals surface area contributed by atoms with E-state index in [2.05, 4.69) is 22.6 Å². The topological polar surface area (TPSA) is 38.8 Å². The highest BCUT2D eigenvalue weighted by Gasteiger charge is 2.33. The predicted molar refractivity (Wildman–Crippen MR) is 150 cm³/mol. The molecule has 4 nitrogen and oxygen atoms in total. The molecule has 3 aromatic rings. The molecule has 168 valence electrons. The van der Waals surface area contributed by atoms with Crippen molar-refractivity contribution in [1.29, 1.82) is 0 Å². The number of carbonyl (C=O) groups excluding carboxylic acids is 1. The Balaban J connectivity index is 1.52. The number of nitrogens with zero attached hydrogens (tertiary/aromatic N) is 1. The second kappa shape index (κ2) is 10.9. The number of anilines is 1. The highest BCUT2D eigenvalue weighted by atomic mass is 127. The van der Waals surface area contributed by atoms with Gasteiger partial charge in [0, 0.05) is 8.47 Å². The molecule has 33 heavy (non-hydrogen) atoms. The van der Waals surface area contributed by atoms with Gasteiger partial charge in [0.25, 0.3) is 5.91 Å². The van der Waals surface area contributed by atoms with Gasteiger partial charge in [0.15, 0.2) is 15.8 Å². The van der Waals surface area contributed by atoms with Crippen LogP contribution in [-0.2, 0) is 11.4 Å². The van der Waals surface area contributed by atoms with Crippen LogP contribution in [0, 0.1) is 3.57 Å². The maximum absolute atomic E-state index is 13.1. The number of thiocarbonyl (C=S) groups is 1. The molecule has 1 heterocycles. The second-order valence-electron chi connectivity index (χ2n) is 7.04. The Morgan fingerprint density at radius 2 is 1.88 bits per heavy atom. The molecule has 0 bridgehead atoms. The standard InChI is InChI=1S/C25H20INO3S3/c1-29-22-12-17(8-11-21(22)30-15-16-6-9-18(26)10-7-16)13-23-24(28)27(25(31)33-23)19-4-3-5-20(14-19)32-2/h3-14H,15H2,1-2H3/b23-13-. The number of thioether (sulfide) groups is 2. The lowest BCUT2D eigenvalue weighted by Gasteiger charge is -2.15. The number of ether oxygens (including phenoxy) is 2. The lowest BCUT2D eigenvalue weighted by molar-refractivity contribution is -0.113. The first-order valence-corrected chi connectivity index (χ1v) is 13.5. The molecule has 3 aromatic carbocycles. The lowest BCUT2D eigenvalue weighted by Crippen LogP contribution is -2.27. The monoisotopic (exact) mass is 605 g/mol. The van der Waals surface area contributed by atoms with Crippen LogP contribution in [0.25, 0.3) is 6.08 Å². The normalized spacial score (nSPS) is 14.8. The van der Waals surface area contributed by atoms with Crippen LogP contribution in [0.3, 0.4) is 0 Å². The molecule has 1 aliphatic rings. The number of benzene rings is 3. The summed E-state index contributed by atoms with van der Waals surface area (Å²) in [5, 5.41) is 0. The van der Waals surface area contributed by atoms with Gasteiger partial charge in [-0.3, -0.25) is 9.69 Å². The molecular formula is C25H20INO3S3. The average molecular weight is 606 g/mol. The largest absolute Gasteiger partial charge is 0.493 e. The first-order chi connectivity index (χ1) is 16.0. The first kappa shape index (κ1) is 24.1. The van der Waals surface area contributed by atoms with E-state index >= 15 is 0 Å². The van der Waals surface area contributed by atoms with Gasteiger partial charge in [-0.1, -0.05) is 48.2 Å². The molecule has 0 N–H and O–H groups in total. The van der Waals surface area contributed by atoms with E-state index in [4.69, 9.17) is 21.7 Å². The van der Waals surface area contributed by atoms with Crippen molar-refractivity contribution in [3.63, 3.8) is 0 Å². The van der Waals surface area contributed by atoms with Crippen LogP contribution in [0.15, 0.2) is 76.5 Å². The van der Waals surface area contributed by atoms with E-state index in [9.17, 15) is 4.79 Å². The fourth-order valence-corrected chi connectivity index (χ4v) is 5.34. The SMILES string of the molecule is COc1cc(/C=C2\SC(=S)N(c3cccc(SC)c3)C2=O)ccc1OCc1ccc(I)cc1. The van der Waals surface area contributed by atoms with Crippen molar-refractivity contribution >= 4 is 80.3 Å². The number of hydrogen-bond donors (Lipinski definition) is 0. The number of halogens is 1. The molecule has 1 saturated heterocycles. The summed E-state index contributed by atoms with van der Waals surface area (Å²) in [4.78, 5) is 16.3. The molecule has 0 aromatic heterocycles. The predicted octanol–water partition coefficient (Wildman–Crippen LogP) is 7.01. The van der Waals surface area contributed by atoms with Crippen LogP contribution < -0.4 is 14.4 Å². The van der Waals surface area contributed by atoms with Crippen molar-refractivity contribution in [1.82, 2.24) is 0 Å². The summed E-state index contributed by atoms with van der Waals surface area (Å²) < 4.78 is 13.2. The van der Waals surface area contributed by atoms with E-state index in [1.807, 2.05) is 79.1 Å². The zero-order valence-electron chi connectivity index (χ0n) is 17.9. The first-order valence-electron chi connectivity index (χ1n) is 9.96. The van der Waals surface area contributed by atoms with Crippen molar-refractivity contribution in [3.8, 4) is 11.5 Å². The zero-order chi connectivity index (χ0) is 23.4. The number of amides is 1. The molecule has 0 atom stereocenters. The highest BCUT2D eigenvalue weighted by Crippen LogP contribution is 2.38. The Morgan fingerprint density at radius 3 is 2.61 bits per heavy atom. The van der Waals surface area contributed by atoms with E-state index in [0.717, 1.165) is 21.7 Å². The van der Waals surface area contributed by atoms with Crippen LogP contribution in [0.1, 0.15) is 11.1 Å². The summed E-state index contributed by atoms with van der Waals surface area (Å²) in [5.74, 6) is 1.13. The van der Waals surface area contributed by atoms with Crippen LogP contribution in [0.4, 0.5) is 5.69 Å². The van der Waals surface area contributed by atoms with E-state index in [1.165, 1.54) is 15.3 Å². The van der Waals surface area contributed by atoms with Gasteiger partial charge in [-0.25, -0.2) is 0 Å². The quantitative estimate of drug-likeness (QED) is 0.125. The summed E-state index contributed by atoms with van der Waals surface area (Å²) in [6, 6.07) is 21.6. The summed E-state index contributed by atoms with van der Waals surface area (Å²) >= 11 is 10.7. The van der Waals surface area contributed by atoms with E-state index in [0.29, 0.717) is 27.3 Å². The fraction of sp³-hybridized carbons (Fsp3) is 0.120. The maximum Gasteiger partial charge on any atom is 0.270 e. The van der Waals surface area contributed by atoms with Crippen LogP contribution in [0.5, 0.6) is 11.5 Å². The third-order valence-electron chi connectivity index (χ3n) is 4.90. The zero-order valence-corrected chi connectivity index (χ0v) is 22.5. The summed E-state index contributed by atoms with van der Waals surface area (Å²) in [5.41, 5.74) is 2.70. The third kappa shape index (κ3) is 5.74. The van der Waals surface area contributed by atoms with Crippen LogP contribution >= 0.6 is 58.3 Å². The van der Waals surface area contributed by atoms with Gasteiger partial charge in [-0.05, 0) is 88.5 Å². The van der Waals surface area contributed by atoms with Crippen molar-refractivity contribution in [3.05, 3.63) is 86.3 Å². The van der Waals surface area contributed by atoms with E-state index in [-0.39, 0.29) is 5.91 Å². The van der Waals surface area contributed by atoms with Gasteiger partial charge in [0.2, 0.25) is 0 Å². The number of carbonyl (C=O) groups is 1. The van der Waals surface area contributed by atoms with Gasteiger partial charge in [-0.15, -0.1) is 11.8 Å². The van der Waals surface area contributed by atoms with Gasteiger partial charge in [0.1, 0.15) is 6.61 Å². The Labute approximate surface area is 220 Å². The number of rotatable bonds is 7. The molecule has 8 heteroatoms. The second-order valence-corrected chi connectivity index (χ2v) is 10.8. The summed E-state index contributed by atoms with van der Waals surface area (Å²) in [6.45, 7) is 0.445. The van der Waals surface area contributed by atoms with Gasteiger partial charge in [-0.2, -0.15) is 0 Å². The van der Waals surface area contributed by atoms with Crippen molar-refractivity contribution < 1.29 is 14.3 Å². The fourth-order valence-electron chi connectivity index (χ4n) is 3.23. The Bertz CT molecular complexity index is 1230. The summed E-state index contributed by atoms with van der Waals surface area (Å²) in [6.07, 6.45) is 3.84. The van der Waals surface area contributed by atoms with E-state index in [1.54, 1.807) is 23.8 Å². The molecule has 0 saturated carbocycles. The molecule has 4 rings (SSSR count). The Kier molecular flexibility index (Phi) is 8.00. The molecule has 0 unspecified atom stereocenters. The summed E-state index contributed by atoms with van der Waals surface area (Å²) in [7, 11) is 1.61. The van der Waals surface area contributed by atoms with Crippen molar-refractivity contribution in [2.75, 3.05) is 18.3 Å². The Morgan fingerprint density at radius 1 is 1.09 bits per heavy atom. The van der Waals surface area contributed by atoms with Gasteiger partial charge in [0.05, 0.1) is 17.7 Å². The average Bonchev–Trinajstić information content (AvgIpc) is 3.11. The van der Waals surface area contributed by atoms with Crippen LogP contribution in [-0.4, -0.2) is 23.6 Å². The maximum atomic E-state index is 13.1. The van der Waals surface area contributed by atoms with Gasteiger partial charge >= 0.3 is 0 Å². The number of methoxy groups -OCH3 is 1. The molecule has 0 aliphatic carbocycles. The minimum absolute atomic E-state index is 0.124. The van der Waals surface area contributed by atoms with Crippen molar-refractivity contribution in [2.45, 2.75) is 11.5 Å². The Hall–Kier alpha value is -2.01. The molecular weight excluding hydrogens is 585 g/mol. The molecule has 0 spiro atoms. The molecule has 1 fully saturated rings. The number of hydrogen-bond acceptors (Lipinski definition) is 6. The molecule has 0 radical (unpaired) electrons. The van der Waals surface area contributed by atoms with E-state index < -0.39 is 0 Å². The van der Waals surface area contributed by atoms with Crippen molar-refractivity contribution in [2.24, 2.45) is 0 Å². The van der Waals surface area contributed by atoms with Crippen LogP contribution in [0.2, 0.25) is 0 Å². The minimum atomic E-state index is -0.124. The molecule has 1 aliphatic heterocycles.